The minimum absolute atomic E-state index is 0.0270. The van der Waals surface area contributed by atoms with Crippen LogP contribution >= 0.6 is 0 Å². The van der Waals surface area contributed by atoms with E-state index in [-0.39, 0.29) is 17.9 Å². The maximum absolute atomic E-state index is 13.3. The normalized spacial score (nSPS) is 10.2. The van der Waals surface area contributed by atoms with Gasteiger partial charge >= 0.3 is 0 Å². The Bertz CT molecular complexity index is 580. The van der Waals surface area contributed by atoms with Gasteiger partial charge in [-0.1, -0.05) is 18.2 Å². The van der Waals surface area contributed by atoms with Gasteiger partial charge in [-0.3, -0.25) is 10.1 Å². The first-order valence-corrected chi connectivity index (χ1v) is 5.49. The predicted octanol–water partition coefficient (Wildman–Crippen LogP) is 3.49. The summed E-state index contributed by atoms with van der Waals surface area (Å²) in [7, 11) is 0. The molecular formula is C13H10F2N2O2. The van der Waals surface area contributed by atoms with Crippen LogP contribution in [0, 0.1) is 21.7 Å². The fourth-order valence-electron chi connectivity index (χ4n) is 1.59. The molecule has 0 amide bonds. The molecule has 2 aromatic carbocycles. The fourth-order valence-corrected chi connectivity index (χ4v) is 1.59. The molecule has 4 nitrogen and oxygen atoms in total. The number of non-ortho nitro benzene ring substituents is 1. The number of nitrogens with one attached hydrogen (secondary N) is 1. The number of halogens is 2. The van der Waals surface area contributed by atoms with Crippen molar-refractivity contribution in [3.63, 3.8) is 0 Å². The molecule has 0 aliphatic rings. The first-order valence-electron chi connectivity index (χ1n) is 5.49. The second-order valence-electron chi connectivity index (χ2n) is 3.87. The van der Waals surface area contributed by atoms with E-state index in [1.807, 2.05) is 0 Å². The van der Waals surface area contributed by atoms with Crippen LogP contribution in [0.2, 0.25) is 0 Å². The molecule has 0 saturated heterocycles. The first kappa shape index (κ1) is 12.9. The van der Waals surface area contributed by atoms with E-state index in [4.69, 9.17) is 0 Å². The van der Waals surface area contributed by atoms with Crippen LogP contribution in [0.4, 0.5) is 20.2 Å². The Morgan fingerprint density at radius 2 is 1.63 bits per heavy atom. The van der Waals surface area contributed by atoms with E-state index in [1.165, 1.54) is 30.3 Å². The number of nitrogens with zero attached hydrogens (tertiary/aromatic N) is 1. The zero-order valence-electron chi connectivity index (χ0n) is 9.77. The largest absolute Gasteiger partial charge is 0.376 e. The predicted molar refractivity (Wildman–Crippen MR) is 66.8 cm³/mol. The zero-order valence-corrected chi connectivity index (χ0v) is 9.77. The van der Waals surface area contributed by atoms with Crippen molar-refractivity contribution >= 4 is 11.4 Å². The standard InChI is InChI=1S/C13H10F2N2O2/c14-11-2-1-3-12(15)13(11)16-8-9-4-6-10(7-5-9)17(18)19/h1-7,16H,8H2. The Hall–Kier alpha value is -2.50. The Kier molecular flexibility index (Phi) is 3.70. The molecule has 0 aliphatic carbocycles. The van der Waals surface area contributed by atoms with Gasteiger partial charge in [0.25, 0.3) is 5.69 Å². The van der Waals surface area contributed by atoms with E-state index in [0.717, 1.165) is 12.1 Å². The molecule has 0 fully saturated rings. The first-order chi connectivity index (χ1) is 9.08. The highest BCUT2D eigenvalue weighted by Crippen LogP contribution is 2.19. The lowest BCUT2D eigenvalue weighted by molar-refractivity contribution is -0.384. The Labute approximate surface area is 107 Å². The minimum Gasteiger partial charge on any atom is -0.376 e. The summed E-state index contributed by atoms with van der Waals surface area (Å²) in [6.07, 6.45) is 0. The lowest BCUT2D eigenvalue weighted by Gasteiger charge is -2.08. The highest BCUT2D eigenvalue weighted by atomic mass is 19.1. The average molecular weight is 264 g/mol. The SMILES string of the molecule is O=[N+]([O-])c1ccc(CNc2c(F)cccc2F)cc1. The van der Waals surface area contributed by atoms with Crippen molar-refractivity contribution in [1.29, 1.82) is 0 Å². The molecule has 0 atom stereocenters. The Balaban J connectivity index is 2.08. The van der Waals surface area contributed by atoms with Crippen molar-refractivity contribution in [2.24, 2.45) is 0 Å². The van der Waals surface area contributed by atoms with Crippen LogP contribution in [0.3, 0.4) is 0 Å². The third-order valence-corrected chi connectivity index (χ3v) is 2.58. The zero-order chi connectivity index (χ0) is 13.8. The molecular weight excluding hydrogens is 254 g/mol. The van der Waals surface area contributed by atoms with Crippen LogP contribution in [0.1, 0.15) is 5.56 Å². The molecule has 0 radical (unpaired) electrons. The number of para-hydroxylation sites is 1. The van der Waals surface area contributed by atoms with Gasteiger partial charge in [0, 0.05) is 18.7 Å². The number of hydrogen-bond acceptors (Lipinski definition) is 3. The highest BCUT2D eigenvalue weighted by Gasteiger charge is 2.08. The van der Waals surface area contributed by atoms with Gasteiger partial charge in [-0.05, 0) is 17.7 Å². The van der Waals surface area contributed by atoms with Gasteiger partial charge in [0.05, 0.1) is 4.92 Å². The van der Waals surface area contributed by atoms with E-state index in [0.29, 0.717) is 5.56 Å². The quantitative estimate of drug-likeness (QED) is 0.679. The lowest BCUT2D eigenvalue weighted by atomic mass is 10.2. The van der Waals surface area contributed by atoms with E-state index in [9.17, 15) is 18.9 Å². The molecule has 98 valence electrons. The molecule has 6 heteroatoms. The molecule has 2 rings (SSSR count). The topological polar surface area (TPSA) is 55.2 Å². The number of nitro groups is 1. The number of benzene rings is 2. The number of anilines is 1. The smallest absolute Gasteiger partial charge is 0.269 e. The summed E-state index contributed by atoms with van der Waals surface area (Å²) in [6, 6.07) is 9.33. The summed E-state index contributed by atoms with van der Waals surface area (Å²) in [5.41, 5.74) is 0.454. The summed E-state index contributed by atoms with van der Waals surface area (Å²) in [4.78, 5) is 9.97. The third kappa shape index (κ3) is 3.04. The molecule has 0 aliphatic heterocycles. The van der Waals surface area contributed by atoms with Gasteiger partial charge in [-0.2, -0.15) is 0 Å². The number of rotatable bonds is 4. The van der Waals surface area contributed by atoms with Gasteiger partial charge in [-0.15, -0.1) is 0 Å². The molecule has 2 aromatic rings. The monoisotopic (exact) mass is 264 g/mol. The number of nitro benzene ring substituents is 1. The van der Waals surface area contributed by atoms with Crippen LogP contribution in [0.25, 0.3) is 0 Å². The van der Waals surface area contributed by atoms with E-state index < -0.39 is 16.6 Å². The average Bonchev–Trinajstić information content (AvgIpc) is 2.38. The summed E-state index contributed by atoms with van der Waals surface area (Å²) in [6.45, 7) is 0.176. The Morgan fingerprint density at radius 3 is 2.16 bits per heavy atom. The van der Waals surface area contributed by atoms with E-state index >= 15 is 0 Å². The molecule has 0 spiro atoms. The van der Waals surface area contributed by atoms with Gasteiger partial charge in [0.1, 0.15) is 17.3 Å². The Morgan fingerprint density at radius 1 is 1.05 bits per heavy atom. The van der Waals surface area contributed by atoms with Crippen molar-refractivity contribution < 1.29 is 13.7 Å². The van der Waals surface area contributed by atoms with Gasteiger partial charge in [0.15, 0.2) is 0 Å². The molecule has 1 N–H and O–H groups in total. The summed E-state index contributed by atoms with van der Waals surface area (Å²) in [5.74, 6) is -1.36. The van der Waals surface area contributed by atoms with Crippen molar-refractivity contribution in [2.45, 2.75) is 6.54 Å². The van der Waals surface area contributed by atoms with Crippen LogP contribution in [0.5, 0.6) is 0 Å². The molecule has 0 heterocycles. The van der Waals surface area contributed by atoms with E-state index in [2.05, 4.69) is 5.32 Å². The van der Waals surface area contributed by atoms with Crippen molar-refractivity contribution in [1.82, 2.24) is 0 Å². The highest BCUT2D eigenvalue weighted by molar-refractivity contribution is 5.47. The summed E-state index contributed by atoms with van der Waals surface area (Å²) in [5, 5.41) is 13.1. The van der Waals surface area contributed by atoms with Crippen molar-refractivity contribution in [3.8, 4) is 0 Å². The van der Waals surface area contributed by atoms with Gasteiger partial charge in [-0.25, -0.2) is 8.78 Å². The second-order valence-corrected chi connectivity index (χ2v) is 3.87. The maximum atomic E-state index is 13.3. The lowest BCUT2D eigenvalue weighted by Crippen LogP contribution is -2.03. The van der Waals surface area contributed by atoms with Gasteiger partial charge in [0.2, 0.25) is 0 Å². The fraction of sp³-hybridized carbons (Fsp3) is 0.0769. The second kappa shape index (κ2) is 5.43. The maximum Gasteiger partial charge on any atom is 0.269 e. The molecule has 0 unspecified atom stereocenters. The molecule has 0 bridgehead atoms. The molecule has 0 aromatic heterocycles. The van der Waals surface area contributed by atoms with Crippen LogP contribution < -0.4 is 5.32 Å². The minimum atomic E-state index is -0.679. The summed E-state index contributed by atoms with van der Waals surface area (Å²) < 4.78 is 26.7. The number of hydrogen-bond donors (Lipinski definition) is 1. The molecule has 0 saturated carbocycles. The van der Waals surface area contributed by atoms with E-state index in [1.54, 1.807) is 0 Å². The van der Waals surface area contributed by atoms with Crippen molar-refractivity contribution in [2.75, 3.05) is 5.32 Å². The van der Waals surface area contributed by atoms with Crippen LogP contribution in [-0.2, 0) is 6.54 Å². The molecule has 19 heavy (non-hydrogen) atoms. The van der Waals surface area contributed by atoms with Crippen LogP contribution in [-0.4, -0.2) is 4.92 Å². The van der Waals surface area contributed by atoms with Crippen LogP contribution in [0.15, 0.2) is 42.5 Å². The van der Waals surface area contributed by atoms with Crippen molar-refractivity contribution in [3.05, 3.63) is 69.8 Å². The van der Waals surface area contributed by atoms with Gasteiger partial charge < -0.3 is 5.32 Å². The third-order valence-electron chi connectivity index (χ3n) is 2.58. The summed E-state index contributed by atoms with van der Waals surface area (Å²) >= 11 is 0.